The van der Waals surface area contributed by atoms with Crippen LogP contribution in [0.4, 0.5) is 0 Å². The van der Waals surface area contributed by atoms with Gasteiger partial charge in [-0.3, -0.25) is 9.69 Å². The third-order valence-corrected chi connectivity index (χ3v) is 2.73. The minimum absolute atomic E-state index is 0.676. The molecule has 0 unspecified atom stereocenters. The van der Waals surface area contributed by atoms with Gasteiger partial charge in [0.1, 0.15) is 5.54 Å². The van der Waals surface area contributed by atoms with Crippen LogP contribution in [0.5, 0.6) is 0 Å². The Labute approximate surface area is 89.3 Å². The molecule has 0 aromatic carbocycles. The minimum Gasteiger partial charge on any atom is -0.480 e. The second-order valence-corrected chi connectivity index (χ2v) is 4.09. The number of hydrogen-bond acceptors (Lipinski definition) is 3. The lowest BCUT2D eigenvalue weighted by Crippen LogP contribution is -2.48. The molecule has 0 saturated carbocycles. The number of carboxylic acid groups (broad SMARTS) is 1. The van der Waals surface area contributed by atoms with Gasteiger partial charge in [0, 0.05) is 25.5 Å². The number of nitrogens with zero attached hydrogens (tertiary/aromatic N) is 3. The van der Waals surface area contributed by atoms with Crippen molar-refractivity contribution in [2.45, 2.75) is 25.9 Å². The first-order valence-electron chi connectivity index (χ1n) is 4.85. The molecule has 0 atom stereocenters. The molecule has 1 heterocycles. The summed E-state index contributed by atoms with van der Waals surface area (Å²) < 4.78 is 1.93. The van der Waals surface area contributed by atoms with E-state index >= 15 is 0 Å². The molecule has 0 spiro atoms. The van der Waals surface area contributed by atoms with Crippen LogP contribution in [-0.2, 0) is 11.3 Å². The van der Waals surface area contributed by atoms with Gasteiger partial charge in [-0.05, 0) is 20.9 Å². The summed E-state index contributed by atoms with van der Waals surface area (Å²) in [5, 5.41) is 9.01. The van der Waals surface area contributed by atoms with E-state index in [-0.39, 0.29) is 0 Å². The van der Waals surface area contributed by atoms with Crippen molar-refractivity contribution in [1.29, 1.82) is 0 Å². The van der Waals surface area contributed by atoms with Crippen molar-refractivity contribution < 1.29 is 9.90 Å². The highest BCUT2D eigenvalue weighted by Gasteiger charge is 2.31. The average Bonchev–Trinajstić information content (AvgIpc) is 2.66. The van der Waals surface area contributed by atoms with E-state index < -0.39 is 11.5 Å². The van der Waals surface area contributed by atoms with E-state index in [1.807, 2.05) is 22.7 Å². The molecule has 0 aliphatic carbocycles. The fourth-order valence-corrected chi connectivity index (χ4v) is 1.13. The number of aromatic nitrogens is 2. The summed E-state index contributed by atoms with van der Waals surface area (Å²) in [4.78, 5) is 16.7. The Bertz CT molecular complexity index is 319. The molecule has 5 heteroatoms. The van der Waals surface area contributed by atoms with Crippen molar-refractivity contribution in [2.24, 2.45) is 0 Å². The first kappa shape index (κ1) is 11.7. The topological polar surface area (TPSA) is 58.4 Å². The van der Waals surface area contributed by atoms with Gasteiger partial charge in [0.25, 0.3) is 0 Å². The van der Waals surface area contributed by atoms with Gasteiger partial charge in [-0.25, -0.2) is 4.98 Å². The molecule has 5 nitrogen and oxygen atoms in total. The molecule has 0 aliphatic rings. The van der Waals surface area contributed by atoms with E-state index in [0.717, 1.165) is 6.54 Å². The average molecular weight is 211 g/mol. The van der Waals surface area contributed by atoms with E-state index in [1.165, 1.54) is 0 Å². The third kappa shape index (κ3) is 2.79. The van der Waals surface area contributed by atoms with Gasteiger partial charge in [0.15, 0.2) is 0 Å². The number of rotatable bonds is 5. The highest BCUT2D eigenvalue weighted by molar-refractivity contribution is 5.77. The van der Waals surface area contributed by atoms with Gasteiger partial charge >= 0.3 is 5.97 Å². The van der Waals surface area contributed by atoms with Crippen molar-refractivity contribution in [3.05, 3.63) is 18.7 Å². The van der Waals surface area contributed by atoms with Crippen LogP contribution in [0.3, 0.4) is 0 Å². The van der Waals surface area contributed by atoms with E-state index in [2.05, 4.69) is 4.98 Å². The smallest absolute Gasteiger partial charge is 0.323 e. The molecule has 0 radical (unpaired) electrons. The second kappa shape index (κ2) is 4.44. The van der Waals surface area contributed by atoms with Crippen LogP contribution in [0.1, 0.15) is 13.8 Å². The van der Waals surface area contributed by atoms with Crippen LogP contribution < -0.4 is 0 Å². The summed E-state index contributed by atoms with van der Waals surface area (Å²) >= 11 is 0. The minimum atomic E-state index is -0.833. The molecule has 1 N–H and O–H groups in total. The Hall–Kier alpha value is -1.36. The molecule has 1 aromatic heterocycles. The largest absolute Gasteiger partial charge is 0.480 e. The maximum Gasteiger partial charge on any atom is 0.323 e. The summed E-state index contributed by atoms with van der Waals surface area (Å²) in [5.74, 6) is -0.810. The van der Waals surface area contributed by atoms with Gasteiger partial charge in [-0.2, -0.15) is 0 Å². The summed E-state index contributed by atoms with van der Waals surface area (Å²) in [6.07, 6.45) is 5.30. The number of likely N-dealkylation sites (N-methyl/N-ethyl adjacent to an activating group) is 1. The Kier molecular flexibility index (Phi) is 3.47. The number of aliphatic carboxylic acids is 1. The van der Waals surface area contributed by atoms with Crippen LogP contribution >= 0.6 is 0 Å². The summed E-state index contributed by atoms with van der Waals surface area (Å²) in [5.41, 5.74) is -0.833. The molecule has 0 fully saturated rings. The fraction of sp³-hybridized carbons (Fsp3) is 0.600. The Morgan fingerprint density at radius 1 is 1.60 bits per heavy atom. The van der Waals surface area contributed by atoms with E-state index in [4.69, 9.17) is 5.11 Å². The molecule has 0 aliphatic heterocycles. The van der Waals surface area contributed by atoms with Crippen LogP contribution in [0.15, 0.2) is 18.7 Å². The Morgan fingerprint density at radius 2 is 2.27 bits per heavy atom. The normalized spacial score (nSPS) is 12.0. The molecule has 0 bridgehead atoms. The lowest BCUT2D eigenvalue weighted by atomic mass is 10.0. The standard InChI is InChI=1S/C10H17N3O2/c1-10(2,9(14)15)12(3)6-7-13-5-4-11-8-13/h4-5,8H,6-7H2,1-3H3,(H,14,15). The van der Waals surface area contributed by atoms with Gasteiger partial charge in [0.2, 0.25) is 0 Å². The quantitative estimate of drug-likeness (QED) is 0.778. The molecular weight excluding hydrogens is 194 g/mol. The van der Waals surface area contributed by atoms with Crippen molar-refractivity contribution in [1.82, 2.24) is 14.5 Å². The SMILES string of the molecule is CN(CCn1ccnc1)C(C)(C)C(=O)O. The van der Waals surface area contributed by atoms with Gasteiger partial charge in [-0.15, -0.1) is 0 Å². The van der Waals surface area contributed by atoms with Gasteiger partial charge in [0.05, 0.1) is 6.33 Å². The van der Waals surface area contributed by atoms with E-state index in [9.17, 15) is 4.79 Å². The summed E-state index contributed by atoms with van der Waals surface area (Å²) in [7, 11) is 1.81. The van der Waals surface area contributed by atoms with Gasteiger partial charge < -0.3 is 9.67 Å². The van der Waals surface area contributed by atoms with E-state index in [0.29, 0.717) is 6.54 Å². The van der Waals surface area contributed by atoms with Gasteiger partial charge in [-0.1, -0.05) is 0 Å². The molecule has 84 valence electrons. The predicted molar refractivity (Wildman–Crippen MR) is 56.6 cm³/mol. The van der Waals surface area contributed by atoms with Crippen LogP contribution in [0.25, 0.3) is 0 Å². The number of carboxylic acids is 1. The highest BCUT2D eigenvalue weighted by atomic mass is 16.4. The highest BCUT2D eigenvalue weighted by Crippen LogP contribution is 2.11. The van der Waals surface area contributed by atoms with Crippen molar-refractivity contribution in [3.63, 3.8) is 0 Å². The van der Waals surface area contributed by atoms with Crippen LogP contribution in [0.2, 0.25) is 0 Å². The summed E-state index contributed by atoms with van der Waals surface area (Å²) in [6, 6.07) is 0. The molecule has 0 saturated heterocycles. The Morgan fingerprint density at radius 3 is 2.73 bits per heavy atom. The lowest BCUT2D eigenvalue weighted by Gasteiger charge is -2.31. The second-order valence-electron chi connectivity index (χ2n) is 4.09. The van der Waals surface area contributed by atoms with E-state index in [1.54, 1.807) is 26.4 Å². The first-order valence-corrected chi connectivity index (χ1v) is 4.85. The van der Waals surface area contributed by atoms with Crippen LogP contribution in [0, 0.1) is 0 Å². The number of hydrogen-bond donors (Lipinski definition) is 1. The van der Waals surface area contributed by atoms with Crippen molar-refractivity contribution in [2.75, 3.05) is 13.6 Å². The fourth-order valence-electron chi connectivity index (χ4n) is 1.13. The molecule has 15 heavy (non-hydrogen) atoms. The molecule has 1 aromatic rings. The maximum absolute atomic E-state index is 11.0. The number of imidazole rings is 1. The molecule has 1 rings (SSSR count). The monoisotopic (exact) mass is 211 g/mol. The van der Waals surface area contributed by atoms with Crippen molar-refractivity contribution >= 4 is 5.97 Å². The molecular formula is C10H17N3O2. The zero-order chi connectivity index (χ0) is 11.5. The molecule has 0 amide bonds. The van der Waals surface area contributed by atoms with Crippen molar-refractivity contribution in [3.8, 4) is 0 Å². The zero-order valence-electron chi connectivity index (χ0n) is 9.34. The lowest BCUT2D eigenvalue weighted by molar-refractivity contribution is -0.148. The number of carbonyl (C=O) groups is 1. The predicted octanol–water partition coefficient (Wildman–Crippen LogP) is 0.678. The zero-order valence-corrected chi connectivity index (χ0v) is 9.34. The Balaban J connectivity index is 2.49. The third-order valence-electron chi connectivity index (χ3n) is 2.73. The maximum atomic E-state index is 11.0. The summed E-state index contributed by atoms with van der Waals surface area (Å²) in [6.45, 7) is 4.81. The van der Waals surface area contributed by atoms with Crippen LogP contribution in [-0.4, -0.2) is 44.7 Å². The first-order chi connectivity index (χ1) is 6.94.